The number of carbonyl (C=O) groups is 1. The minimum atomic E-state index is -0.415. The van der Waals surface area contributed by atoms with Crippen molar-refractivity contribution in [1.82, 2.24) is 0 Å². The number of nitrogens with zero attached hydrogens (tertiary/aromatic N) is 1. The molecule has 0 spiro atoms. The van der Waals surface area contributed by atoms with E-state index in [0.717, 1.165) is 22.3 Å². The molecule has 0 bridgehead atoms. The summed E-state index contributed by atoms with van der Waals surface area (Å²) in [7, 11) is 0. The summed E-state index contributed by atoms with van der Waals surface area (Å²) in [5, 5.41) is 0. The minimum Gasteiger partial charge on any atom is -0.438 e. The maximum atomic E-state index is 11.6. The van der Waals surface area contributed by atoms with Gasteiger partial charge in [-0.05, 0) is 23.3 Å². The summed E-state index contributed by atoms with van der Waals surface area (Å²) < 4.78 is 11.4. The first-order valence-corrected chi connectivity index (χ1v) is 9.93. The van der Waals surface area contributed by atoms with E-state index in [0.29, 0.717) is 17.4 Å². The van der Waals surface area contributed by atoms with E-state index in [2.05, 4.69) is 4.99 Å². The highest BCUT2D eigenvalue weighted by atomic mass is 16.5. The number of allylic oxidation sites excluding steroid dienone is 1. The lowest BCUT2D eigenvalue weighted by atomic mass is 10.1. The standard InChI is InChI=1S/C27H21NO3/c1-20(29)30-24(17-21-11-5-2-6-12-21)19-28-27-25(22-13-7-3-8-14-22)18-26(31-27)23-15-9-4-10-16-23/h2-19H,1H3/b24-17-,28-19+. The van der Waals surface area contributed by atoms with Gasteiger partial charge >= 0.3 is 5.97 Å². The Kier molecular flexibility index (Phi) is 6.19. The first-order chi connectivity index (χ1) is 15.2. The number of hydrogen-bond acceptors (Lipinski definition) is 4. The van der Waals surface area contributed by atoms with Gasteiger partial charge in [0.15, 0.2) is 0 Å². The molecule has 0 saturated carbocycles. The minimum absolute atomic E-state index is 0.329. The van der Waals surface area contributed by atoms with Gasteiger partial charge in [-0.15, -0.1) is 0 Å². The number of benzene rings is 3. The van der Waals surface area contributed by atoms with Crippen molar-refractivity contribution in [3.05, 3.63) is 108 Å². The van der Waals surface area contributed by atoms with Gasteiger partial charge in [-0.25, -0.2) is 4.99 Å². The first-order valence-electron chi connectivity index (χ1n) is 9.93. The molecule has 4 nitrogen and oxygen atoms in total. The molecule has 0 unspecified atom stereocenters. The zero-order valence-corrected chi connectivity index (χ0v) is 17.1. The number of ether oxygens (including phenoxy) is 1. The zero-order chi connectivity index (χ0) is 21.5. The molecule has 0 radical (unpaired) electrons. The SMILES string of the molecule is CC(=O)OC(=C\c1ccccc1)/C=N/c1oc(-c2ccccc2)cc1-c1ccccc1. The normalized spacial score (nSPS) is 11.6. The molecule has 4 heteroatoms. The highest BCUT2D eigenvalue weighted by molar-refractivity contribution is 5.90. The van der Waals surface area contributed by atoms with E-state index in [-0.39, 0.29) is 0 Å². The lowest BCUT2D eigenvalue weighted by molar-refractivity contribution is -0.135. The van der Waals surface area contributed by atoms with E-state index in [1.54, 1.807) is 6.08 Å². The van der Waals surface area contributed by atoms with Crippen molar-refractivity contribution in [2.24, 2.45) is 4.99 Å². The topological polar surface area (TPSA) is 51.8 Å². The van der Waals surface area contributed by atoms with Gasteiger partial charge in [0.1, 0.15) is 11.5 Å². The summed E-state index contributed by atoms with van der Waals surface area (Å²) in [5.74, 6) is 1.07. The second kappa shape index (κ2) is 9.55. The second-order valence-corrected chi connectivity index (χ2v) is 6.87. The lowest BCUT2D eigenvalue weighted by Gasteiger charge is -2.02. The zero-order valence-electron chi connectivity index (χ0n) is 17.1. The van der Waals surface area contributed by atoms with E-state index >= 15 is 0 Å². The molecule has 4 rings (SSSR count). The van der Waals surface area contributed by atoms with Gasteiger partial charge in [0.25, 0.3) is 0 Å². The monoisotopic (exact) mass is 407 g/mol. The van der Waals surface area contributed by atoms with Crippen LogP contribution in [0.3, 0.4) is 0 Å². The van der Waals surface area contributed by atoms with Gasteiger partial charge < -0.3 is 9.15 Å². The number of aliphatic imine (C=N–C) groups is 1. The smallest absolute Gasteiger partial charge is 0.308 e. The third kappa shape index (κ3) is 5.25. The summed E-state index contributed by atoms with van der Waals surface area (Å²) in [6, 6.07) is 31.4. The van der Waals surface area contributed by atoms with E-state index < -0.39 is 5.97 Å². The second-order valence-electron chi connectivity index (χ2n) is 6.87. The predicted octanol–water partition coefficient (Wildman–Crippen LogP) is 6.92. The lowest BCUT2D eigenvalue weighted by Crippen LogP contribution is -1.99. The average Bonchev–Trinajstić information content (AvgIpc) is 3.23. The van der Waals surface area contributed by atoms with Crippen LogP contribution in [0.2, 0.25) is 0 Å². The van der Waals surface area contributed by atoms with Crippen LogP contribution in [-0.2, 0) is 9.53 Å². The van der Waals surface area contributed by atoms with Gasteiger partial charge in [0.2, 0.25) is 5.88 Å². The van der Waals surface area contributed by atoms with Crippen LogP contribution in [0, 0.1) is 0 Å². The van der Waals surface area contributed by atoms with Crippen LogP contribution in [0.5, 0.6) is 0 Å². The summed E-state index contributed by atoms with van der Waals surface area (Å²) in [4.78, 5) is 16.1. The molecule has 4 aromatic rings. The summed E-state index contributed by atoms with van der Waals surface area (Å²) in [6.45, 7) is 1.36. The van der Waals surface area contributed by atoms with Crippen molar-refractivity contribution in [3.63, 3.8) is 0 Å². The Morgan fingerprint density at radius 1 is 0.839 bits per heavy atom. The first kappa shape index (κ1) is 20.1. The molecule has 1 aromatic heterocycles. The van der Waals surface area contributed by atoms with Gasteiger partial charge in [-0.3, -0.25) is 4.79 Å². The highest BCUT2D eigenvalue weighted by Crippen LogP contribution is 2.37. The molecular formula is C27H21NO3. The number of esters is 1. The Hall–Kier alpha value is -4.18. The van der Waals surface area contributed by atoms with Gasteiger partial charge in [-0.1, -0.05) is 91.0 Å². The van der Waals surface area contributed by atoms with Crippen molar-refractivity contribution < 1.29 is 13.9 Å². The number of furan rings is 1. The Morgan fingerprint density at radius 2 is 1.42 bits per heavy atom. The molecule has 0 saturated heterocycles. The highest BCUT2D eigenvalue weighted by Gasteiger charge is 2.14. The van der Waals surface area contributed by atoms with Crippen molar-refractivity contribution in [2.75, 3.05) is 0 Å². The third-order valence-corrected chi connectivity index (χ3v) is 4.53. The van der Waals surface area contributed by atoms with Crippen LogP contribution < -0.4 is 0 Å². The third-order valence-electron chi connectivity index (χ3n) is 4.53. The van der Waals surface area contributed by atoms with E-state index in [1.807, 2.05) is 97.1 Å². The molecular weight excluding hydrogens is 386 g/mol. The number of hydrogen-bond donors (Lipinski definition) is 0. The Bertz CT molecular complexity index is 1210. The van der Waals surface area contributed by atoms with Crippen LogP contribution in [0.15, 0.2) is 112 Å². The van der Waals surface area contributed by atoms with Gasteiger partial charge in [0, 0.05) is 18.1 Å². The number of rotatable bonds is 6. The maximum absolute atomic E-state index is 11.6. The van der Waals surface area contributed by atoms with Crippen molar-refractivity contribution in [1.29, 1.82) is 0 Å². The fourth-order valence-corrected chi connectivity index (χ4v) is 3.14. The van der Waals surface area contributed by atoms with Crippen LogP contribution in [0.4, 0.5) is 5.88 Å². The molecule has 0 N–H and O–H groups in total. The van der Waals surface area contributed by atoms with Gasteiger partial charge in [-0.2, -0.15) is 0 Å². The molecule has 0 atom stereocenters. The number of carbonyl (C=O) groups excluding carboxylic acids is 1. The van der Waals surface area contributed by atoms with Crippen molar-refractivity contribution in [2.45, 2.75) is 6.92 Å². The fourth-order valence-electron chi connectivity index (χ4n) is 3.14. The van der Waals surface area contributed by atoms with Crippen LogP contribution in [0.25, 0.3) is 28.5 Å². The average molecular weight is 407 g/mol. The maximum Gasteiger partial charge on any atom is 0.308 e. The molecule has 0 fully saturated rings. The van der Waals surface area contributed by atoms with E-state index in [9.17, 15) is 4.79 Å². The summed E-state index contributed by atoms with van der Waals surface area (Å²) in [5.41, 5.74) is 3.71. The summed E-state index contributed by atoms with van der Waals surface area (Å²) in [6.07, 6.45) is 3.27. The fraction of sp³-hybridized carbons (Fsp3) is 0.0370. The molecule has 31 heavy (non-hydrogen) atoms. The Balaban J connectivity index is 1.74. The predicted molar refractivity (Wildman–Crippen MR) is 124 cm³/mol. The molecule has 1 heterocycles. The van der Waals surface area contributed by atoms with Crippen LogP contribution >= 0.6 is 0 Å². The molecule has 3 aromatic carbocycles. The van der Waals surface area contributed by atoms with E-state index in [4.69, 9.17) is 9.15 Å². The molecule has 0 aliphatic carbocycles. The van der Waals surface area contributed by atoms with Gasteiger partial charge in [0.05, 0.1) is 6.21 Å². The molecule has 0 aliphatic rings. The molecule has 0 amide bonds. The van der Waals surface area contributed by atoms with Crippen molar-refractivity contribution in [3.8, 4) is 22.5 Å². The Labute approximate surface area is 181 Å². The van der Waals surface area contributed by atoms with E-state index in [1.165, 1.54) is 13.1 Å². The van der Waals surface area contributed by atoms with Crippen LogP contribution in [-0.4, -0.2) is 12.2 Å². The summed E-state index contributed by atoms with van der Waals surface area (Å²) >= 11 is 0. The molecule has 152 valence electrons. The Morgan fingerprint density at radius 3 is 2.03 bits per heavy atom. The molecule has 0 aliphatic heterocycles. The van der Waals surface area contributed by atoms with Crippen molar-refractivity contribution >= 4 is 24.1 Å². The van der Waals surface area contributed by atoms with Crippen LogP contribution in [0.1, 0.15) is 12.5 Å². The largest absolute Gasteiger partial charge is 0.438 e. The quantitative estimate of drug-likeness (QED) is 0.198.